The molecule has 1 fully saturated rings. The molecule has 0 atom stereocenters. The van der Waals surface area contributed by atoms with Crippen LogP contribution in [0.3, 0.4) is 0 Å². The van der Waals surface area contributed by atoms with Crippen molar-refractivity contribution in [1.29, 1.82) is 0 Å². The molecule has 7 heteroatoms. The van der Waals surface area contributed by atoms with E-state index in [-0.39, 0.29) is 5.69 Å². The van der Waals surface area contributed by atoms with Gasteiger partial charge in [-0.25, -0.2) is 4.39 Å². The topological polar surface area (TPSA) is 74.3 Å². The summed E-state index contributed by atoms with van der Waals surface area (Å²) in [4.78, 5) is 28.4. The highest BCUT2D eigenvalue weighted by Gasteiger charge is 2.23. The van der Waals surface area contributed by atoms with Crippen LogP contribution in [0.5, 0.6) is 0 Å². The number of pyridine rings is 1. The first-order valence-electron chi connectivity index (χ1n) is 5.59. The number of aromatic nitrogens is 1. The summed E-state index contributed by atoms with van der Waals surface area (Å²) in [6, 6.07) is 1.30. The van der Waals surface area contributed by atoms with E-state index in [0.29, 0.717) is 26.2 Å². The fraction of sp³-hybridized carbons (Fsp3) is 0.364. The molecule has 2 amide bonds. The molecule has 0 aliphatic carbocycles. The van der Waals surface area contributed by atoms with Gasteiger partial charge in [0.15, 0.2) is 5.82 Å². The standard InChI is InChI=1S/C11H13FN4O2/c12-8-7-14-2-1-9(8)15-10(17)11(18)16-5-3-13-4-6-16/h1-2,7,13H,3-6H2,(H,14,15,17). The van der Waals surface area contributed by atoms with Crippen LogP contribution in [0.25, 0.3) is 0 Å². The summed E-state index contributed by atoms with van der Waals surface area (Å²) in [6.45, 7) is 2.27. The van der Waals surface area contributed by atoms with Gasteiger partial charge in [0, 0.05) is 32.4 Å². The Kier molecular flexibility index (Phi) is 3.83. The van der Waals surface area contributed by atoms with E-state index in [1.807, 2.05) is 0 Å². The second-order valence-corrected chi connectivity index (χ2v) is 3.85. The maximum Gasteiger partial charge on any atom is 0.313 e. The number of halogens is 1. The van der Waals surface area contributed by atoms with Gasteiger partial charge < -0.3 is 15.5 Å². The summed E-state index contributed by atoms with van der Waals surface area (Å²) in [7, 11) is 0. The lowest BCUT2D eigenvalue weighted by atomic mass is 10.3. The van der Waals surface area contributed by atoms with Crippen molar-refractivity contribution in [1.82, 2.24) is 15.2 Å². The van der Waals surface area contributed by atoms with Gasteiger partial charge in [0.25, 0.3) is 0 Å². The lowest BCUT2D eigenvalue weighted by Gasteiger charge is -2.26. The molecule has 1 aromatic heterocycles. The van der Waals surface area contributed by atoms with E-state index in [2.05, 4.69) is 15.6 Å². The normalized spacial score (nSPS) is 15.3. The molecule has 0 aromatic carbocycles. The van der Waals surface area contributed by atoms with Crippen molar-refractivity contribution in [2.45, 2.75) is 0 Å². The first kappa shape index (κ1) is 12.4. The summed E-state index contributed by atoms with van der Waals surface area (Å²) < 4.78 is 13.2. The van der Waals surface area contributed by atoms with Crippen molar-refractivity contribution in [2.75, 3.05) is 31.5 Å². The number of carbonyl (C=O) groups excluding carboxylic acids is 2. The van der Waals surface area contributed by atoms with Gasteiger partial charge in [-0.05, 0) is 6.07 Å². The SMILES string of the molecule is O=C(Nc1ccncc1F)C(=O)N1CCNCC1. The lowest BCUT2D eigenvalue weighted by Crippen LogP contribution is -2.49. The third-order valence-corrected chi connectivity index (χ3v) is 2.62. The number of amides is 2. The Labute approximate surface area is 103 Å². The maximum atomic E-state index is 13.2. The molecule has 0 saturated carbocycles. The van der Waals surface area contributed by atoms with Crippen molar-refractivity contribution in [3.05, 3.63) is 24.3 Å². The monoisotopic (exact) mass is 252 g/mol. The molecular formula is C11H13FN4O2. The third-order valence-electron chi connectivity index (χ3n) is 2.62. The van der Waals surface area contributed by atoms with Gasteiger partial charge in [-0.2, -0.15) is 0 Å². The highest BCUT2D eigenvalue weighted by Crippen LogP contribution is 2.10. The smallest absolute Gasteiger partial charge is 0.313 e. The number of piperazine rings is 1. The zero-order chi connectivity index (χ0) is 13.0. The van der Waals surface area contributed by atoms with E-state index in [0.717, 1.165) is 6.20 Å². The number of hydrogen-bond donors (Lipinski definition) is 2. The van der Waals surface area contributed by atoms with Crippen molar-refractivity contribution in [3.63, 3.8) is 0 Å². The van der Waals surface area contributed by atoms with Crippen LogP contribution in [-0.4, -0.2) is 47.9 Å². The molecular weight excluding hydrogens is 239 g/mol. The molecule has 0 unspecified atom stereocenters. The minimum absolute atomic E-state index is 0.0431. The number of hydrogen-bond acceptors (Lipinski definition) is 4. The maximum absolute atomic E-state index is 13.2. The van der Waals surface area contributed by atoms with E-state index in [1.54, 1.807) is 0 Å². The zero-order valence-electron chi connectivity index (χ0n) is 9.65. The molecule has 1 aromatic rings. The minimum Gasteiger partial charge on any atom is -0.332 e. The quantitative estimate of drug-likeness (QED) is 0.666. The van der Waals surface area contributed by atoms with Gasteiger partial charge in [-0.3, -0.25) is 14.6 Å². The van der Waals surface area contributed by atoms with E-state index in [4.69, 9.17) is 0 Å². The van der Waals surface area contributed by atoms with Crippen LogP contribution in [0, 0.1) is 5.82 Å². The third kappa shape index (κ3) is 2.80. The summed E-state index contributed by atoms with van der Waals surface area (Å²) >= 11 is 0. The summed E-state index contributed by atoms with van der Waals surface area (Å²) in [6.07, 6.45) is 2.32. The Balaban J connectivity index is 1.99. The second-order valence-electron chi connectivity index (χ2n) is 3.85. The van der Waals surface area contributed by atoms with Gasteiger partial charge in [-0.15, -0.1) is 0 Å². The van der Waals surface area contributed by atoms with Gasteiger partial charge in [0.1, 0.15) is 0 Å². The van der Waals surface area contributed by atoms with Crippen LogP contribution >= 0.6 is 0 Å². The van der Waals surface area contributed by atoms with Gasteiger partial charge >= 0.3 is 11.8 Å². The number of nitrogens with one attached hydrogen (secondary N) is 2. The Morgan fingerprint density at radius 3 is 2.78 bits per heavy atom. The van der Waals surface area contributed by atoms with E-state index < -0.39 is 17.6 Å². The summed E-state index contributed by atoms with van der Waals surface area (Å²) in [5.41, 5.74) is -0.0431. The second kappa shape index (κ2) is 5.54. The Morgan fingerprint density at radius 1 is 1.39 bits per heavy atom. The Morgan fingerprint density at radius 2 is 2.11 bits per heavy atom. The van der Waals surface area contributed by atoms with Crippen molar-refractivity contribution >= 4 is 17.5 Å². The molecule has 0 radical (unpaired) electrons. The fourth-order valence-corrected chi connectivity index (χ4v) is 1.66. The molecule has 6 nitrogen and oxygen atoms in total. The number of anilines is 1. The fourth-order valence-electron chi connectivity index (χ4n) is 1.66. The van der Waals surface area contributed by atoms with Crippen LogP contribution < -0.4 is 10.6 Å². The number of carbonyl (C=O) groups is 2. The highest BCUT2D eigenvalue weighted by atomic mass is 19.1. The molecule has 2 heterocycles. The molecule has 2 rings (SSSR count). The van der Waals surface area contributed by atoms with Crippen LogP contribution in [0.1, 0.15) is 0 Å². The number of rotatable bonds is 1. The van der Waals surface area contributed by atoms with Gasteiger partial charge in [0.2, 0.25) is 0 Å². The molecule has 18 heavy (non-hydrogen) atoms. The zero-order valence-corrected chi connectivity index (χ0v) is 9.65. The van der Waals surface area contributed by atoms with E-state index in [1.165, 1.54) is 17.2 Å². The minimum atomic E-state index is -0.831. The van der Waals surface area contributed by atoms with Crippen LogP contribution in [0.15, 0.2) is 18.5 Å². The molecule has 1 saturated heterocycles. The Hall–Kier alpha value is -2.02. The molecule has 1 aliphatic heterocycles. The lowest BCUT2D eigenvalue weighted by molar-refractivity contribution is -0.143. The summed E-state index contributed by atoms with van der Waals surface area (Å²) in [5, 5.41) is 5.32. The van der Waals surface area contributed by atoms with Gasteiger partial charge in [-0.1, -0.05) is 0 Å². The number of nitrogens with zero attached hydrogens (tertiary/aromatic N) is 2. The molecule has 0 spiro atoms. The Bertz CT molecular complexity index is 460. The first-order chi connectivity index (χ1) is 8.68. The molecule has 2 N–H and O–H groups in total. The highest BCUT2D eigenvalue weighted by molar-refractivity contribution is 6.39. The predicted octanol–water partition coefficient (Wildman–Crippen LogP) is -0.409. The largest absolute Gasteiger partial charge is 0.332 e. The predicted molar refractivity (Wildman–Crippen MR) is 62.3 cm³/mol. The molecule has 1 aliphatic rings. The van der Waals surface area contributed by atoms with Crippen molar-refractivity contribution in [2.24, 2.45) is 0 Å². The summed E-state index contributed by atoms with van der Waals surface area (Å²) in [5.74, 6) is -2.14. The first-order valence-corrected chi connectivity index (χ1v) is 5.59. The molecule has 96 valence electrons. The van der Waals surface area contributed by atoms with Crippen LogP contribution in [0.4, 0.5) is 10.1 Å². The van der Waals surface area contributed by atoms with Crippen molar-refractivity contribution in [3.8, 4) is 0 Å². The molecule has 0 bridgehead atoms. The van der Waals surface area contributed by atoms with E-state index >= 15 is 0 Å². The van der Waals surface area contributed by atoms with Crippen LogP contribution in [-0.2, 0) is 9.59 Å². The average Bonchev–Trinajstić information content (AvgIpc) is 2.41. The van der Waals surface area contributed by atoms with Crippen molar-refractivity contribution < 1.29 is 14.0 Å². The van der Waals surface area contributed by atoms with Crippen LogP contribution in [0.2, 0.25) is 0 Å². The van der Waals surface area contributed by atoms with E-state index in [9.17, 15) is 14.0 Å². The van der Waals surface area contributed by atoms with Gasteiger partial charge in [0.05, 0.1) is 11.9 Å². The average molecular weight is 252 g/mol.